The Kier molecular flexibility index (Phi) is 6.82. The summed E-state index contributed by atoms with van der Waals surface area (Å²) in [5, 5.41) is 13.2. The lowest BCUT2D eigenvalue weighted by Gasteiger charge is -2.18. The quantitative estimate of drug-likeness (QED) is 0.769. The van der Waals surface area contributed by atoms with Gasteiger partial charge in [-0.3, -0.25) is 0 Å². The summed E-state index contributed by atoms with van der Waals surface area (Å²) >= 11 is 0. The Labute approximate surface area is 122 Å². The van der Waals surface area contributed by atoms with Crippen molar-refractivity contribution >= 4 is 0 Å². The summed E-state index contributed by atoms with van der Waals surface area (Å²) in [6.45, 7) is 7.51. The molecule has 114 valence electrons. The van der Waals surface area contributed by atoms with Crippen molar-refractivity contribution in [3.05, 3.63) is 23.3 Å². The SMILES string of the molecule is CCC(C)C(O)CNCc1cc(OC)c(OC)cc1C. The van der Waals surface area contributed by atoms with Crippen molar-refractivity contribution in [3.63, 3.8) is 0 Å². The first-order valence-electron chi connectivity index (χ1n) is 7.13. The van der Waals surface area contributed by atoms with Crippen LogP contribution in [0.5, 0.6) is 11.5 Å². The average molecular weight is 281 g/mol. The molecule has 0 radical (unpaired) electrons. The molecule has 0 spiro atoms. The lowest BCUT2D eigenvalue weighted by Crippen LogP contribution is -2.31. The summed E-state index contributed by atoms with van der Waals surface area (Å²) in [7, 11) is 3.27. The monoisotopic (exact) mass is 281 g/mol. The van der Waals surface area contributed by atoms with E-state index in [1.807, 2.05) is 19.1 Å². The van der Waals surface area contributed by atoms with Crippen LogP contribution in [0.25, 0.3) is 0 Å². The molecule has 0 bridgehead atoms. The van der Waals surface area contributed by atoms with Gasteiger partial charge in [-0.15, -0.1) is 0 Å². The van der Waals surface area contributed by atoms with Crippen LogP contribution in [0.15, 0.2) is 12.1 Å². The van der Waals surface area contributed by atoms with Crippen LogP contribution in [0.2, 0.25) is 0 Å². The van der Waals surface area contributed by atoms with Crippen LogP contribution in [0.3, 0.4) is 0 Å². The molecule has 4 nitrogen and oxygen atoms in total. The molecule has 0 saturated heterocycles. The van der Waals surface area contributed by atoms with Crippen LogP contribution >= 0.6 is 0 Å². The third-order valence-electron chi connectivity index (χ3n) is 3.81. The molecule has 2 atom stereocenters. The first kappa shape index (κ1) is 16.8. The minimum Gasteiger partial charge on any atom is -0.493 e. The second kappa shape index (κ2) is 8.12. The van der Waals surface area contributed by atoms with Crippen LogP contribution in [0.4, 0.5) is 0 Å². The molecule has 2 N–H and O–H groups in total. The highest BCUT2D eigenvalue weighted by Crippen LogP contribution is 2.30. The van der Waals surface area contributed by atoms with Crippen molar-refractivity contribution in [1.29, 1.82) is 0 Å². The van der Waals surface area contributed by atoms with Gasteiger partial charge >= 0.3 is 0 Å². The molecule has 1 aromatic carbocycles. The van der Waals surface area contributed by atoms with E-state index in [9.17, 15) is 5.11 Å². The molecule has 0 aliphatic heterocycles. The first-order chi connectivity index (χ1) is 9.53. The molecule has 0 heterocycles. The second-order valence-electron chi connectivity index (χ2n) is 5.22. The fourth-order valence-electron chi connectivity index (χ4n) is 2.04. The van der Waals surface area contributed by atoms with E-state index in [1.165, 1.54) is 0 Å². The molecule has 4 heteroatoms. The van der Waals surface area contributed by atoms with Crippen molar-refractivity contribution in [2.24, 2.45) is 5.92 Å². The van der Waals surface area contributed by atoms with Gasteiger partial charge in [0.05, 0.1) is 20.3 Å². The highest BCUT2D eigenvalue weighted by molar-refractivity contribution is 5.46. The number of methoxy groups -OCH3 is 2. The number of hydrogen-bond acceptors (Lipinski definition) is 4. The molecular formula is C16H27NO3. The number of aliphatic hydroxyl groups excluding tert-OH is 1. The van der Waals surface area contributed by atoms with Crippen molar-refractivity contribution < 1.29 is 14.6 Å². The fraction of sp³-hybridized carbons (Fsp3) is 0.625. The Morgan fingerprint density at radius 1 is 1.20 bits per heavy atom. The Balaban J connectivity index is 2.64. The Morgan fingerprint density at radius 2 is 1.80 bits per heavy atom. The van der Waals surface area contributed by atoms with Gasteiger partial charge in [-0.25, -0.2) is 0 Å². The van der Waals surface area contributed by atoms with Gasteiger partial charge in [0.25, 0.3) is 0 Å². The van der Waals surface area contributed by atoms with Crippen LogP contribution in [-0.4, -0.2) is 32.0 Å². The number of hydrogen-bond donors (Lipinski definition) is 2. The standard InChI is InChI=1S/C16H27NO3/c1-6-11(2)14(18)10-17-9-13-8-16(20-5)15(19-4)7-12(13)3/h7-8,11,14,17-18H,6,9-10H2,1-5H3. The first-order valence-corrected chi connectivity index (χ1v) is 7.13. The van der Waals surface area contributed by atoms with Gasteiger partial charge in [-0.1, -0.05) is 20.3 Å². The summed E-state index contributed by atoms with van der Waals surface area (Å²) < 4.78 is 10.6. The molecule has 1 rings (SSSR count). The molecular weight excluding hydrogens is 254 g/mol. The van der Waals surface area contributed by atoms with Crippen molar-refractivity contribution in [3.8, 4) is 11.5 Å². The normalized spacial score (nSPS) is 13.9. The van der Waals surface area contributed by atoms with Crippen LogP contribution in [-0.2, 0) is 6.54 Å². The minimum absolute atomic E-state index is 0.305. The Morgan fingerprint density at radius 3 is 2.35 bits per heavy atom. The van der Waals surface area contributed by atoms with Crippen molar-refractivity contribution in [2.75, 3.05) is 20.8 Å². The zero-order valence-electron chi connectivity index (χ0n) is 13.2. The van der Waals surface area contributed by atoms with E-state index >= 15 is 0 Å². The third kappa shape index (κ3) is 4.39. The highest BCUT2D eigenvalue weighted by atomic mass is 16.5. The Hall–Kier alpha value is -1.26. The number of aryl methyl sites for hydroxylation is 1. The van der Waals surface area contributed by atoms with Crippen molar-refractivity contribution in [1.82, 2.24) is 5.32 Å². The third-order valence-corrected chi connectivity index (χ3v) is 3.81. The molecule has 0 fully saturated rings. The smallest absolute Gasteiger partial charge is 0.161 e. The maximum absolute atomic E-state index is 9.94. The molecule has 0 aromatic heterocycles. The minimum atomic E-state index is -0.305. The molecule has 0 saturated carbocycles. The highest BCUT2D eigenvalue weighted by Gasteiger charge is 2.12. The molecule has 1 aromatic rings. The van der Waals surface area contributed by atoms with Gasteiger partial charge in [0.15, 0.2) is 11.5 Å². The van der Waals surface area contributed by atoms with Crippen LogP contribution < -0.4 is 14.8 Å². The van der Waals surface area contributed by atoms with E-state index in [4.69, 9.17) is 9.47 Å². The number of rotatable bonds is 8. The van der Waals surface area contributed by atoms with Gasteiger partial charge in [0, 0.05) is 13.1 Å². The van der Waals surface area contributed by atoms with Gasteiger partial charge in [0.1, 0.15) is 0 Å². The molecule has 0 aliphatic rings. The summed E-state index contributed by atoms with van der Waals surface area (Å²) in [4.78, 5) is 0. The molecule has 0 amide bonds. The second-order valence-corrected chi connectivity index (χ2v) is 5.22. The summed E-state index contributed by atoms with van der Waals surface area (Å²) in [5.74, 6) is 1.79. The van der Waals surface area contributed by atoms with E-state index in [2.05, 4.69) is 19.2 Å². The van der Waals surface area contributed by atoms with Gasteiger partial charge in [-0.05, 0) is 36.1 Å². The predicted octanol–water partition coefficient (Wildman–Crippen LogP) is 2.51. The van der Waals surface area contributed by atoms with E-state index in [1.54, 1.807) is 14.2 Å². The lowest BCUT2D eigenvalue weighted by molar-refractivity contribution is 0.113. The molecule has 20 heavy (non-hydrogen) atoms. The van der Waals surface area contributed by atoms with E-state index in [0.29, 0.717) is 19.0 Å². The maximum Gasteiger partial charge on any atom is 0.161 e. The maximum atomic E-state index is 9.94. The van der Waals surface area contributed by atoms with Gasteiger partial charge in [-0.2, -0.15) is 0 Å². The summed E-state index contributed by atoms with van der Waals surface area (Å²) in [6, 6.07) is 3.96. The predicted molar refractivity (Wildman–Crippen MR) is 81.5 cm³/mol. The Bertz CT molecular complexity index is 420. The summed E-state index contributed by atoms with van der Waals surface area (Å²) in [6.07, 6.45) is 0.679. The summed E-state index contributed by atoms with van der Waals surface area (Å²) in [5.41, 5.74) is 2.30. The van der Waals surface area contributed by atoms with Crippen molar-refractivity contribution in [2.45, 2.75) is 39.8 Å². The topological polar surface area (TPSA) is 50.7 Å². The number of ether oxygens (including phenoxy) is 2. The lowest BCUT2D eigenvalue weighted by atomic mass is 10.0. The number of nitrogens with one attached hydrogen (secondary N) is 1. The number of aliphatic hydroxyl groups is 1. The van der Waals surface area contributed by atoms with E-state index in [-0.39, 0.29) is 6.10 Å². The van der Waals surface area contributed by atoms with Gasteiger partial charge < -0.3 is 19.9 Å². The van der Waals surface area contributed by atoms with E-state index in [0.717, 1.165) is 29.0 Å². The average Bonchev–Trinajstić information content (AvgIpc) is 2.47. The van der Waals surface area contributed by atoms with E-state index < -0.39 is 0 Å². The number of benzene rings is 1. The van der Waals surface area contributed by atoms with Crippen LogP contribution in [0, 0.1) is 12.8 Å². The zero-order chi connectivity index (χ0) is 15.1. The molecule has 0 aliphatic carbocycles. The van der Waals surface area contributed by atoms with Gasteiger partial charge in [0.2, 0.25) is 0 Å². The fourth-order valence-corrected chi connectivity index (χ4v) is 2.04. The largest absolute Gasteiger partial charge is 0.493 e. The van der Waals surface area contributed by atoms with Crippen LogP contribution in [0.1, 0.15) is 31.4 Å². The zero-order valence-corrected chi connectivity index (χ0v) is 13.2. The molecule has 2 unspecified atom stereocenters.